The van der Waals surface area contributed by atoms with E-state index < -0.39 is 0 Å². The molecule has 0 atom stereocenters. The van der Waals surface area contributed by atoms with Crippen molar-refractivity contribution >= 4 is 22.5 Å². The third-order valence-corrected chi connectivity index (χ3v) is 3.92. The Morgan fingerprint density at radius 1 is 1.00 bits per heavy atom. The van der Waals surface area contributed by atoms with E-state index in [2.05, 4.69) is 37.0 Å². The van der Waals surface area contributed by atoms with E-state index in [1.807, 2.05) is 36.7 Å². The number of hydrogen-bond donors (Lipinski definition) is 1. The lowest BCUT2D eigenvalue weighted by Crippen LogP contribution is -1.99. The first-order valence-electron chi connectivity index (χ1n) is 7.94. The number of nitrogens with one attached hydrogen (secondary N) is 1. The summed E-state index contributed by atoms with van der Waals surface area (Å²) >= 11 is 0. The minimum atomic E-state index is 0.579. The molecule has 0 saturated carbocycles. The number of pyridine rings is 2. The Kier molecular flexibility index (Phi) is 4.00. The van der Waals surface area contributed by atoms with Crippen molar-refractivity contribution in [2.24, 2.45) is 0 Å². The fraction of sp³-hybridized carbons (Fsp3) is 0.105. The zero-order chi connectivity index (χ0) is 17.1. The van der Waals surface area contributed by atoms with Gasteiger partial charge in [0.05, 0.1) is 37.0 Å². The topological polar surface area (TPSA) is 64.9 Å². The lowest BCUT2D eigenvalue weighted by Gasteiger charge is -2.08. The molecule has 3 heterocycles. The van der Waals surface area contributed by atoms with Crippen molar-refractivity contribution in [3.8, 4) is 5.88 Å². The van der Waals surface area contributed by atoms with Crippen LogP contribution in [-0.4, -0.2) is 26.6 Å². The summed E-state index contributed by atoms with van der Waals surface area (Å²) in [7, 11) is 1.60. The van der Waals surface area contributed by atoms with Crippen LogP contribution in [0.15, 0.2) is 67.3 Å². The average molecular weight is 331 g/mol. The van der Waals surface area contributed by atoms with E-state index in [1.165, 1.54) is 5.56 Å². The zero-order valence-corrected chi connectivity index (χ0v) is 13.8. The van der Waals surface area contributed by atoms with Gasteiger partial charge in [-0.25, -0.2) is 15.0 Å². The van der Waals surface area contributed by atoms with Gasteiger partial charge in [0.25, 0.3) is 0 Å². The van der Waals surface area contributed by atoms with Crippen LogP contribution in [0.2, 0.25) is 0 Å². The van der Waals surface area contributed by atoms with Crippen LogP contribution in [-0.2, 0) is 6.54 Å². The molecule has 0 aliphatic heterocycles. The van der Waals surface area contributed by atoms with Gasteiger partial charge >= 0.3 is 0 Å². The molecule has 3 aromatic heterocycles. The maximum absolute atomic E-state index is 5.07. The minimum absolute atomic E-state index is 0.579. The molecule has 0 aliphatic rings. The van der Waals surface area contributed by atoms with Crippen molar-refractivity contribution in [1.82, 2.24) is 19.5 Å². The SMILES string of the molecule is COc1ccc(Nc2cc3c(cn2)ncn3Cc2ccccc2)cn1. The number of imidazole rings is 1. The van der Waals surface area contributed by atoms with E-state index in [0.717, 1.165) is 29.1 Å². The second kappa shape index (κ2) is 6.60. The van der Waals surface area contributed by atoms with Gasteiger partial charge in [0.2, 0.25) is 5.88 Å². The number of hydrogen-bond acceptors (Lipinski definition) is 5. The molecule has 4 rings (SSSR count). The summed E-state index contributed by atoms with van der Waals surface area (Å²) < 4.78 is 7.19. The Balaban J connectivity index is 1.61. The van der Waals surface area contributed by atoms with Gasteiger partial charge in [0.1, 0.15) is 11.3 Å². The van der Waals surface area contributed by atoms with Crippen molar-refractivity contribution in [2.45, 2.75) is 6.54 Å². The van der Waals surface area contributed by atoms with Gasteiger partial charge in [-0.05, 0) is 11.6 Å². The average Bonchev–Trinajstić information content (AvgIpc) is 3.05. The molecule has 124 valence electrons. The molecule has 0 bridgehead atoms. The van der Waals surface area contributed by atoms with Crippen molar-refractivity contribution in [3.63, 3.8) is 0 Å². The number of ether oxygens (including phenoxy) is 1. The van der Waals surface area contributed by atoms with Crippen LogP contribution in [0, 0.1) is 0 Å². The fourth-order valence-electron chi connectivity index (χ4n) is 2.66. The van der Waals surface area contributed by atoms with E-state index >= 15 is 0 Å². The standard InChI is InChI=1S/C19H17N5O/c1-25-19-8-7-15(10-21-19)23-18-9-17-16(11-20-18)22-13-24(17)12-14-5-3-2-4-6-14/h2-11,13H,12H2,1H3,(H,20,23). The summed E-state index contributed by atoms with van der Waals surface area (Å²) in [6, 6.07) is 16.0. The Labute approximate surface area is 145 Å². The highest BCUT2D eigenvalue weighted by atomic mass is 16.5. The summed E-state index contributed by atoms with van der Waals surface area (Å²) in [6.07, 6.45) is 5.33. The smallest absolute Gasteiger partial charge is 0.213 e. The molecule has 0 spiro atoms. The molecule has 0 radical (unpaired) electrons. The Bertz CT molecular complexity index is 980. The molecule has 0 aliphatic carbocycles. The summed E-state index contributed by atoms with van der Waals surface area (Å²) in [5, 5.41) is 3.26. The fourth-order valence-corrected chi connectivity index (χ4v) is 2.66. The molecule has 6 heteroatoms. The lowest BCUT2D eigenvalue weighted by atomic mass is 10.2. The van der Waals surface area contributed by atoms with E-state index in [4.69, 9.17) is 4.74 Å². The third kappa shape index (κ3) is 3.28. The lowest BCUT2D eigenvalue weighted by molar-refractivity contribution is 0.398. The van der Waals surface area contributed by atoms with Crippen molar-refractivity contribution in [1.29, 1.82) is 0 Å². The van der Waals surface area contributed by atoms with Crippen LogP contribution in [0.4, 0.5) is 11.5 Å². The van der Waals surface area contributed by atoms with Crippen LogP contribution in [0.3, 0.4) is 0 Å². The van der Waals surface area contributed by atoms with Crippen molar-refractivity contribution in [2.75, 3.05) is 12.4 Å². The largest absolute Gasteiger partial charge is 0.481 e. The Morgan fingerprint density at radius 3 is 2.64 bits per heavy atom. The third-order valence-electron chi connectivity index (χ3n) is 3.92. The monoisotopic (exact) mass is 331 g/mol. The summed E-state index contributed by atoms with van der Waals surface area (Å²) in [5.74, 6) is 1.32. The molecular weight excluding hydrogens is 314 g/mol. The second-order valence-electron chi connectivity index (χ2n) is 5.63. The first-order valence-corrected chi connectivity index (χ1v) is 7.94. The van der Waals surface area contributed by atoms with Crippen LogP contribution in [0.25, 0.3) is 11.0 Å². The summed E-state index contributed by atoms with van der Waals surface area (Å²) in [4.78, 5) is 13.0. The quantitative estimate of drug-likeness (QED) is 0.605. The van der Waals surface area contributed by atoms with Gasteiger partial charge in [-0.1, -0.05) is 30.3 Å². The number of nitrogens with zero attached hydrogens (tertiary/aromatic N) is 4. The number of benzene rings is 1. The first kappa shape index (κ1) is 15.1. The highest BCUT2D eigenvalue weighted by Gasteiger charge is 2.06. The van der Waals surface area contributed by atoms with Crippen LogP contribution in [0.5, 0.6) is 5.88 Å². The minimum Gasteiger partial charge on any atom is -0.481 e. The molecule has 0 saturated heterocycles. The number of fused-ring (bicyclic) bond motifs is 1. The van der Waals surface area contributed by atoms with Crippen LogP contribution < -0.4 is 10.1 Å². The first-order chi connectivity index (χ1) is 12.3. The van der Waals surface area contributed by atoms with Gasteiger partial charge in [0, 0.05) is 18.7 Å². The van der Waals surface area contributed by atoms with Crippen LogP contribution >= 0.6 is 0 Å². The number of anilines is 2. The van der Waals surface area contributed by atoms with Gasteiger partial charge in [0.15, 0.2) is 0 Å². The Morgan fingerprint density at radius 2 is 1.88 bits per heavy atom. The molecule has 0 fully saturated rings. The predicted molar refractivity (Wildman–Crippen MR) is 97.1 cm³/mol. The van der Waals surface area contributed by atoms with E-state index in [0.29, 0.717) is 5.88 Å². The number of aromatic nitrogens is 4. The Hall–Kier alpha value is -3.41. The van der Waals surface area contributed by atoms with Gasteiger partial charge < -0.3 is 14.6 Å². The van der Waals surface area contributed by atoms with E-state index in [9.17, 15) is 0 Å². The maximum Gasteiger partial charge on any atom is 0.213 e. The highest BCUT2D eigenvalue weighted by molar-refractivity contribution is 5.78. The molecule has 0 amide bonds. The van der Waals surface area contributed by atoms with Gasteiger partial charge in [-0.2, -0.15) is 0 Å². The van der Waals surface area contributed by atoms with Gasteiger partial charge in [-0.15, -0.1) is 0 Å². The molecule has 1 aromatic carbocycles. The summed E-state index contributed by atoms with van der Waals surface area (Å²) in [5.41, 5.74) is 3.98. The molecule has 25 heavy (non-hydrogen) atoms. The summed E-state index contributed by atoms with van der Waals surface area (Å²) in [6.45, 7) is 0.769. The second-order valence-corrected chi connectivity index (χ2v) is 5.63. The van der Waals surface area contributed by atoms with E-state index in [1.54, 1.807) is 25.6 Å². The number of rotatable bonds is 5. The number of methoxy groups -OCH3 is 1. The molecule has 1 N–H and O–H groups in total. The molecule has 0 unspecified atom stereocenters. The van der Waals surface area contributed by atoms with Crippen molar-refractivity contribution in [3.05, 3.63) is 72.8 Å². The molecular formula is C19H17N5O. The zero-order valence-electron chi connectivity index (χ0n) is 13.8. The van der Waals surface area contributed by atoms with Crippen molar-refractivity contribution < 1.29 is 4.74 Å². The normalized spacial score (nSPS) is 10.8. The van der Waals surface area contributed by atoms with Crippen LogP contribution in [0.1, 0.15) is 5.56 Å². The highest BCUT2D eigenvalue weighted by Crippen LogP contribution is 2.21. The molecule has 6 nitrogen and oxygen atoms in total. The van der Waals surface area contributed by atoms with E-state index in [-0.39, 0.29) is 0 Å². The van der Waals surface area contributed by atoms with Gasteiger partial charge in [-0.3, -0.25) is 0 Å². The maximum atomic E-state index is 5.07. The predicted octanol–water partition coefficient (Wildman–Crippen LogP) is 3.63. The molecule has 4 aromatic rings.